The summed E-state index contributed by atoms with van der Waals surface area (Å²) in [5.74, 6) is -1.96. The van der Waals surface area contributed by atoms with Gasteiger partial charge in [-0.1, -0.05) is 0 Å². The van der Waals surface area contributed by atoms with Crippen LogP contribution in [0.2, 0.25) is 0 Å². The number of pyridine rings is 1. The van der Waals surface area contributed by atoms with Crippen molar-refractivity contribution in [3.8, 4) is 0 Å². The lowest BCUT2D eigenvalue weighted by molar-refractivity contribution is -0.141. The van der Waals surface area contributed by atoms with Crippen molar-refractivity contribution in [2.45, 2.75) is 18.6 Å². The summed E-state index contributed by atoms with van der Waals surface area (Å²) in [6, 6.07) is 1.32. The van der Waals surface area contributed by atoms with E-state index in [9.17, 15) is 19.8 Å². The van der Waals surface area contributed by atoms with Crippen molar-refractivity contribution in [1.29, 1.82) is 0 Å². The molecule has 1 aromatic rings. The summed E-state index contributed by atoms with van der Waals surface area (Å²) in [5.41, 5.74) is 0.0579. The Bertz CT molecular complexity index is 447. The molecule has 18 heavy (non-hydrogen) atoms. The van der Waals surface area contributed by atoms with Gasteiger partial charge in [0.25, 0.3) is 0 Å². The number of rotatable bonds is 5. The predicted octanol–water partition coefficient (Wildman–Crippen LogP) is -0.263. The summed E-state index contributed by atoms with van der Waals surface area (Å²) >= 11 is 0. The lowest BCUT2D eigenvalue weighted by Gasteiger charge is -2.18. The van der Waals surface area contributed by atoms with Crippen molar-refractivity contribution in [3.63, 3.8) is 0 Å². The van der Waals surface area contributed by atoms with Crippen LogP contribution in [0.3, 0.4) is 0 Å². The number of esters is 1. The van der Waals surface area contributed by atoms with Crippen molar-refractivity contribution < 1.29 is 29.6 Å². The number of carboxylic acid groups (broad SMARTS) is 1. The van der Waals surface area contributed by atoms with Crippen LogP contribution in [0.4, 0.5) is 0 Å². The normalized spacial score (nSPS) is 13.7. The fourth-order valence-corrected chi connectivity index (χ4v) is 1.44. The van der Waals surface area contributed by atoms with Gasteiger partial charge in [0.2, 0.25) is 0 Å². The van der Waals surface area contributed by atoms with Crippen LogP contribution in [0.25, 0.3) is 0 Å². The van der Waals surface area contributed by atoms with E-state index in [1.807, 2.05) is 0 Å². The molecule has 7 heteroatoms. The first-order chi connectivity index (χ1) is 8.47. The van der Waals surface area contributed by atoms with E-state index in [4.69, 9.17) is 5.11 Å². The standard InChI is InChI=1S/C11H13NO6/c1-18-11(17)6-2-3-12-5-7(6)10(16)8(13)4-9(14)15/h2-3,5,8,10,13,16H,4H2,1H3,(H,14,15). The third-order valence-electron chi connectivity index (χ3n) is 2.32. The van der Waals surface area contributed by atoms with Crippen LogP contribution >= 0.6 is 0 Å². The number of carbonyl (C=O) groups is 2. The Morgan fingerprint density at radius 3 is 2.67 bits per heavy atom. The number of aromatic nitrogens is 1. The minimum atomic E-state index is -1.53. The lowest BCUT2D eigenvalue weighted by Crippen LogP contribution is -2.24. The van der Waals surface area contributed by atoms with Crippen LogP contribution in [0.15, 0.2) is 18.5 Å². The highest BCUT2D eigenvalue weighted by molar-refractivity contribution is 5.91. The number of aliphatic hydroxyl groups is 2. The van der Waals surface area contributed by atoms with Crippen LogP contribution < -0.4 is 0 Å². The Labute approximate surface area is 103 Å². The third kappa shape index (κ3) is 3.25. The molecule has 0 aromatic carbocycles. The first-order valence-corrected chi connectivity index (χ1v) is 5.07. The van der Waals surface area contributed by atoms with Crippen LogP contribution in [0, 0.1) is 0 Å². The SMILES string of the molecule is COC(=O)c1ccncc1C(O)C(O)CC(=O)O. The van der Waals surface area contributed by atoms with E-state index in [1.54, 1.807) is 0 Å². The first-order valence-electron chi connectivity index (χ1n) is 5.07. The number of ether oxygens (including phenoxy) is 1. The molecule has 0 aliphatic heterocycles. The van der Waals surface area contributed by atoms with Gasteiger partial charge < -0.3 is 20.1 Å². The highest BCUT2D eigenvalue weighted by Crippen LogP contribution is 2.22. The molecule has 0 saturated heterocycles. The van der Waals surface area contributed by atoms with Crippen molar-refractivity contribution in [1.82, 2.24) is 4.98 Å². The highest BCUT2D eigenvalue weighted by Gasteiger charge is 2.25. The molecular formula is C11H13NO6. The maximum Gasteiger partial charge on any atom is 0.338 e. The van der Waals surface area contributed by atoms with E-state index in [-0.39, 0.29) is 11.1 Å². The molecule has 0 bridgehead atoms. The molecule has 1 aromatic heterocycles. The molecule has 0 saturated carbocycles. The van der Waals surface area contributed by atoms with Gasteiger partial charge >= 0.3 is 11.9 Å². The van der Waals surface area contributed by atoms with E-state index < -0.39 is 30.6 Å². The van der Waals surface area contributed by atoms with Gasteiger partial charge in [0.05, 0.1) is 25.2 Å². The predicted molar refractivity (Wildman–Crippen MR) is 58.8 cm³/mol. The highest BCUT2D eigenvalue weighted by atomic mass is 16.5. The van der Waals surface area contributed by atoms with Gasteiger partial charge in [-0.05, 0) is 6.07 Å². The summed E-state index contributed by atoms with van der Waals surface area (Å²) in [6.07, 6.45) is -1.19. The summed E-state index contributed by atoms with van der Waals surface area (Å²) in [5, 5.41) is 27.8. The number of nitrogens with zero attached hydrogens (tertiary/aromatic N) is 1. The zero-order valence-corrected chi connectivity index (χ0v) is 9.61. The zero-order chi connectivity index (χ0) is 13.7. The molecule has 0 aliphatic carbocycles. The number of carbonyl (C=O) groups excluding carboxylic acids is 1. The largest absolute Gasteiger partial charge is 0.481 e. The molecule has 1 rings (SSSR count). The van der Waals surface area contributed by atoms with Gasteiger partial charge in [-0.2, -0.15) is 0 Å². The van der Waals surface area contributed by atoms with Crippen molar-refractivity contribution in [2.24, 2.45) is 0 Å². The van der Waals surface area contributed by atoms with E-state index in [0.717, 1.165) is 0 Å². The van der Waals surface area contributed by atoms with Crippen LogP contribution in [0.1, 0.15) is 28.4 Å². The summed E-state index contributed by atoms with van der Waals surface area (Å²) in [7, 11) is 1.17. The van der Waals surface area contributed by atoms with Crippen molar-refractivity contribution in [2.75, 3.05) is 7.11 Å². The zero-order valence-electron chi connectivity index (χ0n) is 9.61. The molecule has 1 heterocycles. The molecule has 0 radical (unpaired) electrons. The van der Waals surface area contributed by atoms with Gasteiger partial charge in [-0.25, -0.2) is 4.79 Å². The Hall–Kier alpha value is -1.99. The maximum atomic E-state index is 11.4. The molecule has 7 nitrogen and oxygen atoms in total. The quantitative estimate of drug-likeness (QED) is 0.620. The van der Waals surface area contributed by atoms with Crippen LogP contribution in [0.5, 0.6) is 0 Å². The number of aliphatic hydroxyl groups excluding tert-OH is 2. The Kier molecular flexibility index (Phi) is 4.75. The fraction of sp³-hybridized carbons (Fsp3) is 0.364. The summed E-state index contributed by atoms with van der Waals surface area (Å²) < 4.78 is 4.51. The maximum absolute atomic E-state index is 11.4. The molecule has 98 valence electrons. The monoisotopic (exact) mass is 255 g/mol. The average molecular weight is 255 g/mol. The molecule has 2 atom stereocenters. The average Bonchev–Trinajstić information content (AvgIpc) is 2.36. The minimum Gasteiger partial charge on any atom is -0.481 e. The minimum absolute atomic E-state index is 0.0260. The van der Waals surface area contributed by atoms with Gasteiger partial charge in [0.15, 0.2) is 0 Å². The number of hydrogen-bond acceptors (Lipinski definition) is 6. The second kappa shape index (κ2) is 6.08. The molecule has 3 N–H and O–H groups in total. The molecule has 0 aliphatic rings. The topological polar surface area (TPSA) is 117 Å². The number of carboxylic acids is 1. The second-order valence-electron chi connectivity index (χ2n) is 3.56. The first kappa shape index (κ1) is 14.1. The van der Waals surface area contributed by atoms with Crippen molar-refractivity contribution in [3.05, 3.63) is 29.6 Å². The van der Waals surface area contributed by atoms with Gasteiger partial charge in [-0.15, -0.1) is 0 Å². The summed E-state index contributed by atoms with van der Waals surface area (Å²) in [6.45, 7) is 0. The van der Waals surface area contributed by atoms with E-state index in [1.165, 1.54) is 25.6 Å². The van der Waals surface area contributed by atoms with Gasteiger partial charge in [0, 0.05) is 18.0 Å². The Morgan fingerprint density at radius 1 is 1.44 bits per heavy atom. The van der Waals surface area contributed by atoms with Gasteiger partial charge in [0.1, 0.15) is 6.10 Å². The number of aliphatic carboxylic acids is 1. The molecule has 0 amide bonds. The second-order valence-corrected chi connectivity index (χ2v) is 3.56. The lowest BCUT2D eigenvalue weighted by atomic mass is 9.99. The van der Waals surface area contributed by atoms with Gasteiger partial charge in [-0.3, -0.25) is 9.78 Å². The van der Waals surface area contributed by atoms with E-state index in [0.29, 0.717) is 0 Å². The third-order valence-corrected chi connectivity index (χ3v) is 2.32. The Morgan fingerprint density at radius 2 is 2.11 bits per heavy atom. The molecule has 0 spiro atoms. The number of methoxy groups -OCH3 is 1. The molecular weight excluding hydrogens is 242 g/mol. The van der Waals surface area contributed by atoms with Crippen LogP contribution in [-0.2, 0) is 9.53 Å². The van der Waals surface area contributed by atoms with Crippen LogP contribution in [-0.4, -0.2) is 45.5 Å². The molecule has 0 fully saturated rings. The Balaban J connectivity index is 3.01. The summed E-state index contributed by atoms with van der Waals surface area (Å²) in [4.78, 5) is 25.6. The molecule has 2 unspecified atom stereocenters. The number of hydrogen-bond donors (Lipinski definition) is 3. The smallest absolute Gasteiger partial charge is 0.338 e. The van der Waals surface area contributed by atoms with Crippen molar-refractivity contribution >= 4 is 11.9 Å². The fourth-order valence-electron chi connectivity index (χ4n) is 1.44. The van der Waals surface area contributed by atoms with E-state index >= 15 is 0 Å². The van der Waals surface area contributed by atoms with E-state index in [2.05, 4.69) is 9.72 Å².